The third kappa shape index (κ3) is 4.27. The Morgan fingerprint density at radius 3 is 3.08 bits per heavy atom. The molecular weight excluding hydrogens is 335 g/mol. The van der Waals surface area contributed by atoms with E-state index in [1.165, 1.54) is 6.07 Å². The lowest BCUT2D eigenvalue weighted by molar-refractivity contribution is 0.612. The molecule has 1 unspecified atom stereocenters. The lowest BCUT2D eigenvalue weighted by Crippen LogP contribution is -2.44. The monoisotopic (exact) mass is 360 g/mol. The van der Waals surface area contributed by atoms with E-state index in [9.17, 15) is 4.39 Å². The van der Waals surface area contributed by atoms with Gasteiger partial charge in [0.1, 0.15) is 12.9 Å². The summed E-state index contributed by atoms with van der Waals surface area (Å²) in [6.07, 6.45) is 4.22. The first-order chi connectivity index (χ1) is 12.7. The summed E-state index contributed by atoms with van der Waals surface area (Å²) in [7, 11) is 0. The van der Waals surface area contributed by atoms with Crippen LogP contribution in [-0.4, -0.2) is 51.4 Å². The molecule has 0 bridgehead atoms. The molecule has 1 fully saturated rings. The molecular formula is C17H25FN8. The maximum absolute atomic E-state index is 13.9. The van der Waals surface area contributed by atoms with Gasteiger partial charge in [0, 0.05) is 38.4 Å². The van der Waals surface area contributed by atoms with Gasteiger partial charge in [0.05, 0.1) is 0 Å². The fraction of sp³-hybridized carbons (Fsp3) is 0.529. The molecule has 2 aromatic heterocycles. The Kier molecular flexibility index (Phi) is 5.98. The van der Waals surface area contributed by atoms with E-state index in [2.05, 4.69) is 30.8 Å². The van der Waals surface area contributed by atoms with E-state index < -0.39 is 0 Å². The molecule has 0 amide bonds. The Morgan fingerprint density at radius 1 is 1.42 bits per heavy atom. The number of aromatic nitrogens is 4. The van der Waals surface area contributed by atoms with Crippen molar-refractivity contribution in [3.63, 3.8) is 0 Å². The van der Waals surface area contributed by atoms with E-state index >= 15 is 0 Å². The predicted octanol–water partition coefficient (Wildman–Crippen LogP) is 1.17. The van der Waals surface area contributed by atoms with Crippen molar-refractivity contribution in [3.05, 3.63) is 36.3 Å². The molecule has 0 aromatic carbocycles. The van der Waals surface area contributed by atoms with E-state index in [1.807, 2.05) is 23.3 Å². The zero-order chi connectivity index (χ0) is 18.4. The zero-order valence-corrected chi connectivity index (χ0v) is 15.2. The number of halogens is 1. The van der Waals surface area contributed by atoms with Gasteiger partial charge in [-0.2, -0.15) is 0 Å². The number of guanidine groups is 1. The number of hydrogen-bond donors (Lipinski definition) is 2. The van der Waals surface area contributed by atoms with Crippen LogP contribution in [0.15, 0.2) is 29.6 Å². The van der Waals surface area contributed by atoms with Crippen molar-refractivity contribution in [2.75, 3.05) is 24.5 Å². The van der Waals surface area contributed by atoms with E-state index in [0.29, 0.717) is 18.9 Å². The molecule has 3 heterocycles. The highest BCUT2D eigenvalue weighted by atomic mass is 19.1. The number of anilines is 1. The van der Waals surface area contributed by atoms with Crippen LogP contribution in [0.1, 0.15) is 26.1 Å². The number of aliphatic imine (C=N–C) groups is 1. The minimum atomic E-state index is -0.285. The normalized spacial score (nSPS) is 17.6. The molecule has 140 valence electrons. The molecule has 0 radical (unpaired) electrons. The minimum Gasteiger partial charge on any atom is -0.357 e. The summed E-state index contributed by atoms with van der Waals surface area (Å²) < 4.78 is 15.9. The number of rotatable bonds is 6. The molecule has 1 aliphatic heterocycles. The zero-order valence-electron chi connectivity index (χ0n) is 15.2. The fourth-order valence-corrected chi connectivity index (χ4v) is 3.01. The number of nitrogens with zero attached hydrogens (tertiary/aromatic N) is 6. The molecule has 0 aliphatic carbocycles. The van der Waals surface area contributed by atoms with Gasteiger partial charge in [-0.25, -0.2) is 14.4 Å². The average molecular weight is 360 g/mol. The molecule has 1 atom stereocenters. The van der Waals surface area contributed by atoms with Crippen LogP contribution < -0.4 is 15.5 Å². The Bertz CT molecular complexity index is 744. The van der Waals surface area contributed by atoms with E-state index in [1.54, 1.807) is 18.6 Å². The van der Waals surface area contributed by atoms with Crippen LogP contribution >= 0.6 is 0 Å². The molecule has 0 saturated carbocycles. The van der Waals surface area contributed by atoms with Gasteiger partial charge < -0.3 is 20.1 Å². The topological polar surface area (TPSA) is 83.3 Å². The Balaban J connectivity index is 1.62. The fourth-order valence-electron chi connectivity index (χ4n) is 3.01. The minimum absolute atomic E-state index is 0.179. The Morgan fingerprint density at radius 2 is 2.31 bits per heavy atom. The lowest BCUT2D eigenvalue weighted by Gasteiger charge is -2.19. The quantitative estimate of drug-likeness (QED) is 0.594. The van der Waals surface area contributed by atoms with Crippen molar-refractivity contribution < 1.29 is 4.39 Å². The highest BCUT2D eigenvalue weighted by Gasteiger charge is 2.25. The van der Waals surface area contributed by atoms with Crippen molar-refractivity contribution in [1.82, 2.24) is 30.4 Å². The van der Waals surface area contributed by atoms with Gasteiger partial charge in [0.2, 0.25) is 0 Å². The third-order valence-electron chi connectivity index (χ3n) is 4.33. The molecule has 1 aliphatic rings. The molecule has 8 nitrogen and oxygen atoms in total. The smallest absolute Gasteiger partial charge is 0.191 e. The first-order valence-corrected chi connectivity index (χ1v) is 8.98. The number of nitrogens with one attached hydrogen (secondary N) is 2. The molecule has 1 saturated heterocycles. The number of aryl methyl sites for hydroxylation is 1. The first kappa shape index (κ1) is 18.1. The molecule has 0 spiro atoms. The second-order valence-electron chi connectivity index (χ2n) is 6.11. The first-order valence-electron chi connectivity index (χ1n) is 8.98. The summed E-state index contributed by atoms with van der Waals surface area (Å²) in [4.78, 5) is 10.7. The van der Waals surface area contributed by atoms with Gasteiger partial charge in [0.25, 0.3) is 0 Å². The average Bonchev–Trinajstić information content (AvgIpc) is 3.29. The molecule has 2 N–H and O–H groups in total. The highest BCUT2D eigenvalue weighted by molar-refractivity contribution is 5.80. The highest BCUT2D eigenvalue weighted by Crippen LogP contribution is 2.20. The SMILES string of the molecule is CCNC(=NCc1nncn1CC)NC1CCN(c2ncccc2F)C1. The van der Waals surface area contributed by atoms with Crippen LogP contribution in [0.5, 0.6) is 0 Å². The summed E-state index contributed by atoms with van der Waals surface area (Å²) in [5.41, 5.74) is 0. The number of pyridine rings is 1. The van der Waals surface area contributed by atoms with E-state index in [4.69, 9.17) is 0 Å². The van der Waals surface area contributed by atoms with Gasteiger partial charge in [-0.05, 0) is 32.4 Å². The second kappa shape index (κ2) is 8.59. The molecule has 9 heteroatoms. The second-order valence-corrected chi connectivity index (χ2v) is 6.11. The van der Waals surface area contributed by atoms with E-state index in [-0.39, 0.29) is 11.9 Å². The van der Waals surface area contributed by atoms with Crippen molar-refractivity contribution >= 4 is 11.8 Å². The van der Waals surface area contributed by atoms with Gasteiger partial charge in [-0.15, -0.1) is 10.2 Å². The standard InChI is InChI=1S/C17H25FN8/c1-3-19-17(21-10-15-24-22-12-25(15)4-2)23-13-7-9-26(11-13)16-14(18)6-5-8-20-16/h5-6,8,12-13H,3-4,7,9-11H2,1-2H3,(H2,19,21,23). The number of hydrogen-bond acceptors (Lipinski definition) is 5. The maximum Gasteiger partial charge on any atom is 0.191 e. The van der Waals surface area contributed by atoms with Crippen LogP contribution in [-0.2, 0) is 13.1 Å². The lowest BCUT2D eigenvalue weighted by atomic mass is 10.3. The van der Waals surface area contributed by atoms with Gasteiger partial charge in [0.15, 0.2) is 23.4 Å². The van der Waals surface area contributed by atoms with Gasteiger partial charge >= 0.3 is 0 Å². The van der Waals surface area contributed by atoms with Crippen LogP contribution in [0.25, 0.3) is 0 Å². The van der Waals surface area contributed by atoms with Crippen molar-refractivity contribution in [1.29, 1.82) is 0 Å². The van der Waals surface area contributed by atoms with Crippen LogP contribution in [0.2, 0.25) is 0 Å². The molecule has 3 rings (SSSR count). The summed E-state index contributed by atoms with van der Waals surface area (Å²) in [6, 6.07) is 3.23. The Labute approximate surface area is 152 Å². The molecule has 2 aromatic rings. The van der Waals surface area contributed by atoms with E-state index in [0.717, 1.165) is 37.8 Å². The maximum atomic E-state index is 13.9. The summed E-state index contributed by atoms with van der Waals surface area (Å²) in [5, 5.41) is 14.7. The summed E-state index contributed by atoms with van der Waals surface area (Å²) >= 11 is 0. The van der Waals surface area contributed by atoms with Crippen molar-refractivity contribution in [3.8, 4) is 0 Å². The van der Waals surface area contributed by atoms with Gasteiger partial charge in [-0.1, -0.05) is 0 Å². The molecule has 26 heavy (non-hydrogen) atoms. The largest absolute Gasteiger partial charge is 0.357 e. The Hall–Kier alpha value is -2.71. The van der Waals surface area contributed by atoms with Crippen LogP contribution in [0.3, 0.4) is 0 Å². The predicted molar refractivity (Wildman–Crippen MR) is 98.5 cm³/mol. The van der Waals surface area contributed by atoms with Crippen LogP contribution in [0, 0.1) is 5.82 Å². The summed E-state index contributed by atoms with van der Waals surface area (Å²) in [6.45, 7) is 7.54. The van der Waals surface area contributed by atoms with Crippen molar-refractivity contribution in [2.24, 2.45) is 4.99 Å². The summed E-state index contributed by atoms with van der Waals surface area (Å²) in [5.74, 6) is 1.68. The third-order valence-corrected chi connectivity index (χ3v) is 4.33. The van der Waals surface area contributed by atoms with Gasteiger partial charge in [-0.3, -0.25) is 0 Å². The van der Waals surface area contributed by atoms with Crippen molar-refractivity contribution in [2.45, 2.75) is 39.4 Å². The van der Waals surface area contributed by atoms with Crippen LogP contribution in [0.4, 0.5) is 10.2 Å².